The second-order valence-electron chi connectivity index (χ2n) is 7.93. The van der Waals surface area contributed by atoms with E-state index in [4.69, 9.17) is 14.5 Å². The Morgan fingerprint density at radius 2 is 1.87 bits per heavy atom. The van der Waals surface area contributed by atoms with Gasteiger partial charge in [-0.05, 0) is 58.0 Å². The molecule has 158 valence electrons. The molecule has 0 amide bonds. The van der Waals surface area contributed by atoms with Crippen LogP contribution < -0.4 is 4.74 Å². The van der Waals surface area contributed by atoms with Crippen LogP contribution in [0.15, 0.2) is 47.6 Å². The van der Waals surface area contributed by atoms with E-state index in [9.17, 15) is 9.59 Å². The number of rotatable bonds is 7. The van der Waals surface area contributed by atoms with Crippen LogP contribution in [0.2, 0.25) is 0 Å². The molecule has 7 heteroatoms. The number of methoxy groups -OCH3 is 1. The van der Waals surface area contributed by atoms with E-state index in [-0.39, 0.29) is 18.3 Å². The number of nitrogens with zero attached hydrogens (tertiary/aromatic N) is 2. The monoisotopic (exact) mass is 426 g/mol. The molecule has 6 nitrogen and oxygen atoms in total. The van der Waals surface area contributed by atoms with Crippen molar-refractivity contribution >= 4 is 34.5 Å². The molecular formula is C23H26N2O4S. The number of carbonyl (C=O) groups excluding carboxylic acids is 2. The number of esters is 1. The normalized spacial score (nSPS) is 11.5. The molecule has 0 aliphatic rings. The van der Waals surface area contributed by atoms with Gasteiger partial charge in [0.2, 0.25) is 0 Å². The minimum absolute atomic E-state index is 0.000988. The largest absolute Gasteiger partial charge is 0.496 e. The summed E-state index contributed by atoms with van der Waals surface area (Å²) in [4.78, 5) is 28.9. The summed E-state index contributed by atoms with van der Waals surface area (Å²) >= 11 is 1.49. The maximum absolute atomic E-state index is 12.5. The molecular weight excluding hydrogens is 400 g/mol. The van der Waals surface area contributed by atoms with E-state index >= 15 is 0 Å². The first-order valence-corrected chi connectivity index (χ1v) is 10.6. The fourth-order valence-electron chi connectivity index (χ4n) is 3.07. The number of thioether (sulfide) groups is 1. The molecule has 0 unspecified atom stereocenters. The van der Waals surface area contributed by atoms with Crippen LogP contribution >= 0.6 is 11.8 Å². The van der Waals surface area contributed by atoms with Crippen molar-refractivity contribution in [1.29, 1.82) is 0 Å². The van der Waals surface area contributed by atoms with E-state index in [1.807, 2.05) is 55.7 Å². The molecule has 2 aromatic carbocycles. The predicted molar refractivity (Wildman–Crippen MR) is 118 cm³/mol. The molecule has 0 bridgehead atoms. The van der Waals surface area contributed by atoms with Gasteiger partial charge in [-0.1, -0.05) is 23.9 Å². The van der Waals surface area contributed by atoms with Crippen molar-refractivity contribution in [1.82, 2.24) is 9.55 Å². The number of aromatic nitrogens is 2. The number of hydrogen-bond acceptors (Lipinski definition) is 6. The Morgan fingerprint density at radius 1 is 1.13 bits per heavy atom. The van der Waals surface area contributed by atoms with Gasteiger partial charge in [-0.25, -0.2) is 4.98 Å². The number of Topliss-reactive ketones (excluding diaryl/α,β-unsaturated/α-hetero) is 1. The third-order valence-electron chi connectivity index (χ3n) is 4.37. The van der Waals surface area contributed by atoms with Crippen molar-refractivity contribution in [3.63, 3.8) is 0 Å². The van der Waals surface area contributed by atoms with Crippen LogP contribution in [0.5, 0.6) is 5.75 Å². The maximum atomic E-state index is 12.5. The summed E-state index contributed by atoms with van der Waals surface area (Å²) in [5.41, 5.74) is 2.66. The number of para-hydroxylation sites is 2. The van der Waals surface area contributed by atoms with Gasteiger partial charge < -0.3 is 14.0 Å². The van der Waals surface area contributed by atoms with E-state index in [2.05, 4.69) is 0 Å². The Labute approximate surface area is 180 Å². The zero-order valence-electron chi connectivity index (χ0n) is 17.9. The van der Waals surface area contributed by atoms with Crippen molar-refractivity contribution in [2.75, 3.05) is 7.11 Å². The van der Waals surface area contributed by atoms with Gasteiger partial charge >= 0.3 is 5.97 Å². The highest BCUT2D eigenvalue weighted by atomic mass is 32.2. The van der Waals surface area contributed by atoms with Gasteiger partial charge in [0.15, 0.2) is 10.9 Å². The van der Waals surface area contributed by atoms with E-state index in [0.29, 0.717) is 22.2 Å². The lowest BCUT2D eigenvalue weighted by Crippen LogP contribution is -2.26. The molecule has 0 radical (unpaired) electrons. The Balaban J connectivity index is 1.90. The maximum Gasteiger partial charge on any atom is 0.326 e. The van der Waals surface area contributed by atoms with Crippen LogP contribution in [0.4, 0.5) is 0 Å². The summed E-state index contributed by atoms with van der Waals surface area (Å²) in [5, 5.41) is 0.706. The zero-order chi connectivity index (χ0) is 21.9. The molecule has 0 aliphatic carbocycles. The molecule has 1 heterocycles. The van der Waals surface area contributed by atoms with Crippen LogP contribution in [0.25, 0.3) is 11.0 Å². The first kappa shape index (κ1) is 21.9. The van der Waals surface area contributed by atoms with E-state index < -0.39 is 5.60 Å². The van der Waals surface area contributed by atoms with Gasteiger partial charge in [0, 0.05) is 16.9 Å². The highest BCUT2D eigenvalue weighted by Crippen LogP contribution is 2.31. The zero-order valence-corrected chi connectivity index (χ0v) is 18.7. The van der Waals surface area contributed by atoms with Crippen molar-refractivity contribution in [2.24, 2.45) is 0 Å². The number of fused-ring (bicyclic) bond motifs is 1. The number of carbonyl (C=O) groups is 2. The van der Waals surface area contributed by atoms with Crippen LogP contribution in [0.3, 0.4) is 0 Å². The Kier molecular flexibility index (Phi) is 6.51. The lowest BCUT2D eigenvalue weighted by Gasteiger charge is -2.20. The van der Waals surface area contributed by atoms with Gasteiger partial charge in [0.05, 0.1) is 18.1 Å². The average Bonchev–Trinajstić information content (AvgIpc) is 3.02. The first-order valence-electron chi connectivity index (χ1n) is 9.65. The quantitative estimate of drug-likeness (QED) is 0.305. The molecule has 0 atom stereocenters. The summed E-state index contributed by atoms with van der Waals surface area (Å²) in [6, 6.07) is 13.1. The highest BCUT2D eigenvalue weighted by Gasteiger charge is 2.20. The molecule has 0 fully saturated rings. The fourth-order valence-corrected chi connectivity index (χ4v) is 4.06. The van der Waals surface area contributed by atoms with E-state index in [1.54, 1.807) is 26.2 Å². The topological polar surface area (TPSA) is 70.4 Å². The second kappa shape index (κ2) is 8.92. The van der Waals surface area contributed by atoms with E-state index in [1.165, 1.54) is 11.8 Å². The highest BCUT2D eigenvalue weighted by molar-refractivity contribution is 7.98. The van der Waals surface area contributed by atoms with Crippen LogP contribution in [-0.2, 0) is 21.8 Å². The van der Waals surface area contributed by atoms with Gasteiger partial charge in [0.25, 0.3) is 0 Å². The summed E-state index contributed by atoms with van der Waals surface area (Å²) in [6.45, 7) is 7.16. The van der Waals surface area contributed by atoms with Crippen molar-refractivity contribution in [3.8, 4) is 5.75 Å². The predicted octanol–water partition coefficient (Wildman–Crippen LogP) is 4.88. The molecule has 0 N–H and O–H groups in total. The Morgan fingerprint density at radius 3 is 2.53 bits per heavy atom. The van der Waals surface area contributed by atoms with Crippen molar-refractivity contribution < 1.29 is 19.1 Å². The standard InChI is InChI=1S/C23H26N2O4S/c1-15(26)16-10-11-20(28-5)17(12-16)14-30-22-24-18-8-6-7-9-19(18)25(22)13-21(27)29-23(2,3)4/h6-12H,13-14H2,1-5H3. The minimum atomic E-state index is -0.554. The number of ketones is 1. The SMILES string of the molecule is COc1ccc(C(C)=O)cc1CSc1nc2ccccc2n1CC(=O)OC(C)(C)C. The summed E-state index contributed by atoms with van der Waals surface area (Å²) in [5.74, 6) is 0.939. The third kappa shape index (κ3) is 5.21. The second-order valence-corrected chi connectivity index (χ2v) is 8.87. The smallest absolute Gasteiger partial charge is 0.326 e. The fraction of sp³-hybridized carbons (Fsp3) is 0.348. The molecule has 0 saturated carbocycles. The lowest BCUT2D eigenvalue weighted by atomic mass is 10.1. The summed E-state index contributed by atoms with van der Waals surface area (Å²) < 4.78 is 12.8. The molecule has 30 heavy (non-hydrogen) atoms. The number of hydrogen-bond donors (Lipinski definition) is 0. The van der Waals surface area contributed by atoms with Gasteiger partial charge in [-0.3, -0.25) is 9.59 Å². The summed E-state index contributed by atoms with van der Waals surface area (Å²) in [6.07, 6.45) is 0. The third-order valence-corrected chi connectivity index (χ3v) is 5.40. The molecule has 0 aliphatic heterocycles. The van der Waals surface area contributed by atoms with Gasteiger partial charge in [-0.2, -0.15) is 0 Å². The molecule has 0 saturated heterocycles. The average molecular weight is 427 g/mol. The summed E-state index contributed by atoms with van der Waals surface area (Å²) in [7, 11) is 1.61. The minimum Gasteiger partial charge on any atom is -0.496 e. The van der Waals surface area contributed by atoms with Crippen LogP contribution in [0.1, 0.15) is 43.6 Å². The molecule has 3 rings (SSSR count). The molecule has 3 aromatic rings. The van der Waals surface area contributed by atoms with Crippen LogP contribution in [-0.4, -0.2) is 34.0 Å². The number of ether oxygens (including phenoxy) is 2. The first-order chi connectivity index (χ1) is 14.2. The molecule has 0 spiro atoms. The molecule has 1 aromatic heterocycles. The number of imidazole rings is 1. The Hall–Kier alpha value is -2.80. The van der Waals surface area contributed by atoms with Gasteiger partial charge in [0.1, 0.15) is 17.9 Å². The lowest BCUT2D eigenvalue weighted by molar-refractivity contribution is -0.155. The van der Waals surface area contributed by atoms with Crippen molar-refractivity contribution in [3.05, 3.63) is 53.6 Å². The van der Waals surface area contributed by atoms with Gasteiger partial charge in [-0.15, -0.1) is 0 Å². The van der Waals surface area contributed by atoms with Crippen molar-refractivity contribution in [2.45, 2.75) is 50.8 Å². The van der Waals surface area contributed by atoms with E-state index in [0.717, 1.165) is 16.6 Å². The van der Waals surface area contributed by atoms with Crippen LogP contribution in [0, 0.1) is 0 Å². The Bertz CT molecular complexity index is 1080. The number of benzene rings is 2.